The van der Waals surface area contributed by atoms with Crippen LogP contribution in [0.1, 0.15) is 46.9 Å². The molecule has 1 unspecified atom stereocenters. The lowest BCUT2D eigenvalue weighted by molar-refractivity contribution is -0.140. The first-order valence-electron chi connectivity index (χ1n) is 10.9. The predicted octanol–water partition coefficient (Wildman–Crippen LogP) is 4.27. The van der Waals surface area contributed by atoms with Gasteiger partial charge in [-0.3, -0.25) is 14.6 Å². The molecule has 4 rings (SSSR count). The monoisotopic (exact) mass is 456 g/mol. The van der Waals surface area contributed by atoms with Crippen LogP contribution in [0, 0.1) is 0 Å². The molecule has 1 aromatic heterocycles. The van der Waals surface area contributed by atoms with Gasteiger partial charge in [0.2, 0.25) is 0 Å². The third-order valence-corrected chi connectivity index (χ3v) is 5.47. The van der Waals surface area contributed by atoms with Crippen molar-refractivity contribution in [2.75, 3.05) is 0 Å². The zero-order valence-electron chi connectivity index (χ0n) is 18.8. The third-order valence-electron chi connectivity index (χ3n) is 5.47. The maximum absolute atomic E-state index is 13.1. The molecule has 2 heterocycles. The van der Waals surface area contributed by atoms with Crippen LogP contribution in [-0.4, -0.2) is 38.8 Å². The van der Waals surface area contributed by atoms with E-state index in [4.69, 9.17) is 4.74 Å². The van der Waals surface area contributed by atoms with Gasteiger partial charge in [-0.15, -0.1) is 0 Å². The highest BCUT2D eigenvalue weighted by molar-refractivity contribution is 6.46. The van der Waals surface area contributed by atoms with Gasteiger partial charge >= 0.3 is 5.97 Å². The van der Waals surface area contributed by atoms with Crippen molar-refractivity contribution in [1.82, 2.24) is 9.88 Å². The molecular formula is C27H24N2O5. The summed E-state index contributed by atoms with van der Waals surface area (Å²) in [5, 5.41) is 11.0. The minimum absolute atomic E-state index is 0.0151. The number of rotatable bonds is 6. The highest BCUT2D eigenvalue weighted by Gasteiger charge is 2.46. The number of amides is 1. The second-order valence-corrected chi connectivity index (χ2v) is 8.23. The largest absolute Gasteiger partial charge is 0.507 e. The summed E-state index contributed by atoms with van der Waals surface area (Å²) < 4.78 is 5.21. The number of carbonyl (C=O) groups excluding carboxylic acids is 3. The van der Waals surface area contributed by atoms with Gasteiger partial charge in [-0.05, 0) is 43.2 Å². The van der Waals surface area contributed by atoms with E-state index in [1.165, 1.54) is 4.90 Å². The second kappa shape index (κ2) is 9.70. The fraction of sp³-hybridized carbons (Fsp3) is 0.185. The highest BCUT2D eigenvalue weighted by atomic mass is 16.5. The van der Waals surface area contributed by atoms with E-state index in [2.05, 4.69) is 4.98 Å². The number of esters is 1. The van der Waals surface area contributed by atoms with E-state index in [1.807, 2.05) is 0 Å². The number of aliphatic hydroxyl groups excluding tert-OH is 1. The van der Waals surface area contributed by atoms with Crippen molar-refractivity contribution in [2.45, 2.75) is 32.5 Å². The minimum atomic E-state index is -0.806. The Balaban J connectivity index is 1.71. The molecule has 7 heteroatoms. The molecule has 1 N–H and O–H groups in total. The summed E-state index contributed by atoms with van der Waals surface area (Å²) in [5.74, 6) is -2.13. The van der Waals surface area contributed by atoms with Crippen molar-refractivity contribution in [2.24, 2.45) is 0 Å². The molecule has 0 radical (unpaired) electrons. The van der Waals surface area contributed by atoms with Gasteiger partial charge in [0.15, 0.2) is 0 Å². The highest BCUT2D eigenvalue weighted by Crippen LogP contribution is 2.39. The standard InChI is InChI=1S/C27H24N2O5/c1-17(2)34-27(33)20-12-10-18(11-13-20)16-29-23(21-9-6-14-28-15-21)22(25(31)26(29)32)24(30)19-7-4-3-5-8-19/h3-15,17,23,30H,16H2,1-2H3/b24-22+. The van der Waals surface area contributed by atoms with Crippen molar-refractivity contribution in [3.8, 4) is 0 Å². The molecule has 1 amide bonds. The van der Waals surface area contributed by atoms with E-state index >= 15 is 0 Å². The van der Waals surface area contributed by atoms with Gasteiger partial charge in [0.05, 0.1) is 23.3 Å². The maximum Gasteiger partial charge on any atom is 0.338 e. The molecule has 1 fully saturated rings. The Morgan fingerprint density at radius 1 is 1.00 bits per heavy atom. The van der Waals surface area contributed by atoms with E-state index in [0.29, 0.717) is 16.7 Å². The van der Waals surface area contributed by atoms with Crippen LogP contribution in [0.3, 0.4) is 0 Å². The zero-order chi connectivity index (χ0) is 24.2. The van der Waals surface area contributed by atoms with Gasteiger partial charge in [-0.2, -0.15) is 0 Å². The van der Waals surface area contributed by atoms with Crippen LogP contribution in [-0.2, 0) is 20.9 Å². The number of Topliss-reactive ketones (excluding diaryl/α,β-unsaturated/α-hetero) is 1. The number of hydrogen-bond acceptors (Lipinski definition) is 6. The van der Waals surface area contributed by atoms with Crippen LogP contribution in [0.15, 0.2) is 84.7 Å². The molecule has 1 saturated heterocycles. The molecule has 7 nitrogen and oxygen atoms in total. The Labute approximate surface area is 197 Å². The van der Waals surface area contributed by atoms with E-state index in [0.717, 1.165) is 5.56 Å². The summed E-state index contributed by atoms with van der Waals surface area (Å²) in [6, 6.07) is 18.0. The van der Waals surface area contributed by atoms with Gasteiger partial charge < -0.3 is 14.7 Å². The fourth-order valence-electron chi connectivity index (χ4n) is 3.90. The Hall–Kier alpha value is -4.26. The molecule has 34 heavy (non-hydrogen) atoms. The van der Waals surface area contributed by atoms with Crippen LogP contribution in [0.4, 0.5) is 0 Å². The number of pyridine rings is 1. The van der Waals surface area contributed by atoms with E-state index in [9.17, 15) is 19.5 Å². The predicted molar refractivity (Wildman–Crippen MR) is 126 cm³/mol. The lowest BCUT2D eigenvalue weighted by Crippen LogP contribution is -2.29. The number of ketones is 1. The number of ether oxygens (including phenoxy) is 1. The van der Waals surface area contributed by atoms with Gasteiger partial charge in [0.25, 0.3) is 11.7 Å². The number of carbonyl (C=O) groups is 3. The summed E-state index contributed by atoms with van der Waals surface area (Å²) in [6.07, 6.45) is 2.94. The number of likely N-dealkylation sites (tertiary alicyclic amines) is 1. The van der Waals surface area contributed by atoms with E-state index in [1.54, 1.807) is 93.0 Å². The molecule has 172 valence electrons. The van der Waals surface area contributed by atoms with E-state index in [-0.39, 0.29) is 24.0 Å². The first-order valence-corrected chi connectivity index (χ1v) is 10.9. The van der Waals surface area contributed by atoms with E-state index < -0.39 is 23.7 Å². The summed E-state index contributed by atoms with van der Waals surface area (Å²) in [6.45, 7) is 3.66. The third kappa shape index (κ3) is 4.59. The molecule has 0 saturated carbocycles. The van der Waals surface area contributed by atoms with Crippen LogP contribution >= 0.6 is 0 Å². The summed E-state index contributed by atoms with van der Waals surface area (Å²) in [4.78, 5) is 43.8. The first kappa shape index (κ1) is 22.9. The summed E-state index contributed by atoms with van der Waals surface area (Å²) >= 11 is 0. The number of hydrogen-bond donors (Lipinski definition) is 1. The minimum Gasteiger partial charge on any atom is -0.507 e. The average Bonchev–Trinajstić information content (AvgIpc) is 3.09. The lowest BCUT2D eigenvalue weighted by Gasteiger charge is -2.25. The van der Waals surface area contributed by atoms with Crippen LogP contribution < -0.4 is 0 Å². The van der Waals surface area contributed by atoms with Crippen LogP contribution in [0.5, 0.6) is 0 Å². The molecule has 0 aliphatic carbocycles. The normalized spacial score (nSPS) is 17.3. The SMILES string of the molecule is CC(C)OC(=O)c1ccc(CN2C(=O)C(=O)/C(=C(/O)c3ccccc3)C2c2cccnc2)cc1. The topological polar surface area (TPSA) is 96.8 Å². The smallest absolute Gasteiger partial charge is 0.338 e. The Morgan fingerprint density at radius 3 is 2.32 bits per heavy atom. The van der Waals surface area contributed by atoms with Crippen molar-refractivity contribution < 1.29 is 24.2 Å². The molecular weight excluding hydrogens is 432 g/mol. The molecule has 1 atom stereocenters. The van der Waals surface area contributed by atoms with Crippen LogP contribution in [0.25, 0.3) is 5.76 Å². The van der Waals surface area contributed by atoms with Gasteiger partial charge in [0, 0.05) is 24.5 Å². The Kier molecular flexibility index (Phi) is 6.54. The molecule has 0 spiro atoms. The van der Waals surface area contributed by atoms with Crippen LogP contribution in [0.2, 0.25) is 0 Å². The molecule has 0 bridgehead atoms. The van der Waals surface area contributed by atoms with Gasteiger partial charge in [0.1, 0.15) is 5.76 Å². The maximum atomic E-state index is 13.1. The van der Waals surface area contributed by atoms with Crippen molar-refractivity contribution >= 4 is 23.4 Å². The number of aliphatic hydroxyl groups is 1. The van der Waals surface area contributed by atoms with Crippen molar-refractivity contribution in [3.05, 3.63) is 107 Å². The Morgan fingerprint density at radius 2 is 1.71 bits per heavy atom. The van der Waals surface area contributed by atoms with Gasteiger partial charge in [-0.1, -0.05) is 48.5 Å². The lowest BCUT2D eigenvalue weighted by atomic mass is 9.96. The molecule has 3 aromatic rings. The zero-order valence-corrected chi connectivity index (χ0v) is 18.8. The number of benzene rings is 2. The van der Waals surface area contributed by atoms with Crippen molar-refractivity contribution in [3.63, 3.8) is 0 Å². The Bertz CT molecular complexity index is 1240. The summed E-state index contributed by atoms with van der Waals surface area (Å²) in [5.41, 5.74) is 2.18. The number of nitrogens with zero attached hydrogens (tertiary/aromatic N) is 2. The quantitative estimate of drug-likeness (QED) is 0.258. The average molecular weight is 456 g/mol. The van der Waals surface area contributed by atoms with Crippen molar-refractivity contribution in [1.29, 1.82) is 0 Å². The first-order chi connectivity index (χ1) is 16.4. The molecule has 2 aromatic carbocycles. The number of aromatic nitrogens is 1. The fourth-order valence-corrected chi connectivity index (χ4v) is 3.90. The summed E-state index contributed by atoms with van der Waals surface area (Å²) in [7, 11) is 0. The molecule has 1 aliphatic heterocycles. The van der Waals surface area contributed by atoms with Gasteiger partial charge in [-0.25, -0.2) is 4.79 Å². The second-order valence-electron chi connectivity index (χ2n) is 8.23. The molecule has 1 aliphatic rings.